The van der Waals surface area contributed by atoms with E-state index < -0.39 is 104 Å². The summed E-state index contributed by atoms with van der Waals surface area (Å²) in [5.41, 5.74) is 0.208. The van der Waals surface area contributed by atoms with Gasteiger partial charge in [0, 0.05) is 0 Å². The summed E-state index contributed by atoms with van der Waals surface area (Å²) in [7, 11) is 0. The van der Waals surface area contributed by atoms with Gasteiger partial charge in [-0.05, 0) is 116 Å². The van der Waals surface area contributed by atoms with Gasteiger partial charge in [0.05, 0.1) is 30.8 Å². The normalized spacial score (nSPS) is 54.1. The number of fused-ring (bicyclic) bond motifs is 7. The van der Waals surface area contributed by atoms with Crippen LogP contribution in [0.25, 0.3) is 0 Å². The number of carbonyl (C=O) groups is 1. The molecule has 9 N–H and O–H groups in total. The highest BCUT2D eigenvalue weighted by atomic mass is 16.8. The molecular formula is C47H76O16. The van der Waals surface area contributed by atoms with Gasteiger partial charge in [0.2, 0.25) is 0 Å². The first-order valence-corrected chi connectivity index (χ1v) is 23.6. The van der Waals surface area contributed by atoms with Crippen LogP contribution in [0.3, 0.4) is 0 Å². The minimum atomic E-state index is -1.80. The summed E-state index contributed by atoms with van der Waals surface area (Å²) in [5, 5.41) is 96.4. The topological polar surface area (TPSA) is 255 Å². The van der Waals surface area contributed by atoms with Crippen LogP contribution in [0.2, 0.25) is 0 Å². The first-order valence-electron chi connectivity index (χ1n) is 23.6. The lowest BCUT2D eigenvalue weighted by atomic mass is 9.33. The molecule has 4 saturated carbocycles. The maximum absolute atomic E-state index is 13.1. The number of carboxylic acids is 1. The number of aliphatic hydroxyl groups is 8. The number of carboxylic acid groups (broad SMARTS) is 1. The Bertz CT molecular complexity index is 1720. The van der Waals surface area contributed by atoms with Gasteiger partial charge in [-0.3, -0.25) is 4.79 Å². The molecule has 63 heavy (non-hydrogen) atoms. The number of hydrogen-bond acceptors (Lipinski definition) is 15. The van der Waals surface area contributed by atoms with Gasteiger partial charge in [-0.25, -0.2) is 0 Å². The maximum atomic E-state index is 13.1. The second-order valence-electron chi connectivity index (χ2n) is 23.0. The summed E-state index contributed by atoms with van der Waals surface area (Å²) < 4.78 is 36.3. The lowest BCUT2D eigenvalue weighted by Crippen LogP contribution is -2.66. The molecule has 0 amide bonds. The van der Waals surface area contributed by atoms with Crippen molar-refractivity contribution in [3.63, 3.8) is 0 Å². The Hall–Kier alpha value is -1.35. The second-order valence-corrected chi connectivity index (χ2v) is 23.0. The van der Waals surface area contributed by atoms with E-state index in [0.717, 1.165) is 51.4 Å². The summed E-state index contributed by atoms with van der Waals surface area (Å²) in [6.07, 6.45) is -10.3. The molecule has 16 nitrogen and oxygen atoms in total. The van der Waals surface area contributed by atoms with Crippen LogP contribution in [0, 0.1) is 50.2 Å². The van der Waals surface area contributed by atoms with Crippen molar-refractivity contribution in [2.75, 3.05) is 13.2 Å². The van der Waals surface area contributed by atoms with Crippen molar-refractivity contribution in [1.29, 1.82) is 0 Å². The molecule has 8 aliphatic rings. The molecule has 22 atom stereocenters. The Morgan fingerprint density at radius 2 is 1.38 bits per heavy atom. The van der Waals surface area contributed by atoms with E-state index in [-0.39, 0.29) is 51.6 Å². The second kappa shape index (κ2) is 16.7. The van der Waals surface area contributed by atoms with E-state index in [4.69, 9.17) is 28.4 Å². The molecule has 7 fully saturated rings. The zero-order valence-electron chi connectivity index (χ0n) is 38.3. The lowest BCUT2D eigenvalue weighted by Gasteiger charge is -2.71. The van der Waals surface area contributed by atoms with Crippen LogP contribution < -0.4 is 0 Å². The van der Waals surface area contributed by atoms with Crippen molar-refractivity contribution in [1.82, 2.24) is 0 Å². The molecule has 0 aromatic rings. The van der Waals surface area contributed by atoms with Crippen molar-refractivity contribution in [3.05, 3.63) is 11.6 Å². The fourth-order valence-electron chi connectivity index (χ4n) is 14.8. The summed E-state index contributed by atoms with van der Waals surface area (Å²) in [4.78, 5) is 13.1. The average molecular weight is 897 g/mol. The largest absolute Gasteiger partial charge is 0.481 e. The number of ether oxygens (including phenoxy) is 6. The fraction of sp³-hybridized carbons (Fsp3) is 0.936. The Labute approximate surface area is 371 Å². The summed E-state index contributed by atoms with van der Waals surface area (Å²) in [6.45, 7) is 17.0. The summed E-state index contributed by atoms with van der Waals surface area (Å²) in [6, 6.07) is 0. The summed E-state index contributed by atoms with van der Waals surface area (Å²) in [5.74, 6) is 0.0213. The van der Waals surface area contributed by atoms with Crippen LogP contribution in [0.1, 0.15) is 120 Å². The van der Waals surface area contributed by atoms with Crippen LogP contribution in [0.15, 0.2) is 11.6 Å². The van der Waals surface area contributed by atoms with Gasteiger partial charge >= 0.3 is 5.97 Å². The minimum absolute atomic E-state index is 0.0278. The first kappa shape index (κ1) is 48.1. The predicted molar refractivity (Wildman–Crippen MR) is 223 cm³/mol. The Morgan fingerprint density at radius 3 is 2.06 bits per heavy atom. The van der Waals surface area contributed by atoms with Crippen molar-refractivity contribution in [2.24, 2.45) is 50.2 Å². The van der Waals surface area contributed by atoms with Gasteiger partial charge in [0.25, 0.3) is 0 Å². The Balaban J connectivity index is 0.999. The Morgan fingerprint density at radius 1 is 0.714 bits per heavy atom. The quantitative estimate of drug-likeness (QED) is 0.125. The molecule has 8 rings (SSSR count). The molecule has 0 radical (unpaired) electrons. The van der Waals surface area contributed by atoms with Crippen LogP contribution in [-0.2, 0) is 33.2 Å². The third-order valence-corrected chi connectivity index (χ3v) is 18.9. The number of aliphatic hydroxyl groups excluding tert-OH is 8. The smallest absolute Gasteiger partial charge is 0.310 e. The van der Waals surface area contributed by atoms with Crippen molar-refractivity contribution < 1.29 is 79.2 Å². The lowest BCUT2D eigenvalue weighted by molar-refractivity contribution is -0.382. The minimum Gasteiger partial charge on any atom is -0.481 e. The molecule has 5 aliphatic carbocycles. The maximum Gasteiger partial charge on any atom is 0.310 e. The van der Waals surface area contributed by atoms with E-state index in [1.165, 1.54) is 12.5 Å². The molecule has 3 saturated heterocycles. The highest BCUT2D eigenvalue weighted by molar-refractivity contribution is 5.76. The highest BCUT2D eigenvalue weighted by Gasteiger charge is 2.70. The molecule has 0 aromatic carbocycles. The van der Waals surface area contributed by atoms with Crippen molar-refractivity contribution in [2.45, 2.75) is 212 Å². The van der Waals surface area contributed by atoms with Crippen molar-refractivity contribution >= 4 is 5.97 Å². The van der Waals surface area contributed by atoms with Crippen molar-refractivity contribution in [3.8, 4) is 0 Å². The molecule has 3 aliphatic heterocycles. The highest BCUT2D eigenvalue weighted by Crippen LogP contribution is 2.76. The molecule has 3 heterocycles. The van der Waals surface area contributed by atoms with E-state index in [0.29, 0.717) is 18.8 Å². The van der Waals surface area contributed by atoms with Gasteiger partial charge in [-0.2, -0.15) is 0 Å². The zero-order chi connectivity index (χ0) is 46.0. The van der Waals surface area contributed by atoms with E-state index >= 15 is 0 Å². The number of rotatable bonds is 8. The molecule has 0 unspecified atom stereocenters. The third kappa shape index (κ3) is 7.51. The molecular weight excluding hydrogens is 821 g/mol. The van der Waals surface area contributed by atoms with Gasteiger partial charge < -0.3 is 74.4 Å². The van der Waals surface area contributed by atoms with Gasteiger partial charge in [-0.1, -0.05) is 60.1 Å². The van der Waals surface area contributed by atoms with Gasteiger partial charge in [0.15, 0.2) is 18.9 Å². The number of aliphatic carboxylic acids is 1. The third-order valence-electron chi connectivity index (χ3n) is 18.9. The van der Waals surface area contributed by atoms with Crippen LogP contribution in [-0.4, -0.2) is 157 Å². The van der Waals surface area contributed by atoms with Crippen LogP contribution in [0.5, 0.6) is 0 Å². The molecule has 16 heteroatoms. The fourth-order valence-corrected chi connectivity index (χ4v) is 14.8. The van der Waals surface area contributed by atoms with E-state index in [1.54, 1.807) is 0 Å². The Kier molecular flexibility index (Phi) is 12.8. The van der Waals surface area contributed by atoms with E-state index in [9.17, 15) is 50.8 Å². The van der Waals surface area contributed by atoms with E-state index in [2.05, 4.69) is 54.5 Å². The van der Waals surface area contributed by atoms with Gasteiger partial charge in [0.1, 0.15) is 61.0 Å². The predicted octanol–water partition coefficient (Wildman–Crippen LogP) is 2.37. The first-order chi connectivity index (χ1) is 29.4. The molecule has 0 spiro atoms. The SMILES string of the molecule is C[C@H]1O[C@H](O[C@@H]2[C@@H](O[C@@H]3CC[C@]4(C)[C@H](CC[C@@]5(C)[C@H]4CC=C4[C@H]6CC(C)(C)CC[C@@]6(C(=O)O)CC[C@@]45C)C3(C)C)OC[C@@H](O)[C@H]2O)[C@@H](O)[C@@H](O[C@H]2O[C@@H](CO)[C@H](O)[C@@H](O)[C@@H]2O)[C@@H]1O. The molecule has 360 valence electrons. The standard InChI is InChI=1S/C47H76O16/c1-22-30(50)36(62-38-34(54)33(53)32(52)26(20-48)60-38)35(55)39(59-22)63-37-31(51)25(49)21-58-40(37)61-29-12-13-44(6)27(43(29,4)5)11-14-46(8)28(44)10-9-23-24-19-42(2,3)15-17-47(24,41(56)57)18-16-45(23,46)7/h9,22,24-40,48-55H,10-21H2,1-8H3,(H,56,57)/t22-,24-,25-,26+,27-,28+,29-,30-,31-,32+,33-,34+,35+,36+,37+,38-,39-,40-,44-,45+,46+,47-/m1/s1. The summed E-state index contributed by atoms with van der Waals surface area (Å²) >= 11 is 0. The number of hydrogen-bond donors (Lipinski definition) is 9. The zero-order valence-corrected chi connectivity index (χ0v) is 38.3. The molecule has 0 aromatic heterocycles. The van der Waals surface area contributed by atoms with Crippen LogP contribution in [0.4, 0.5) is 0 Å². The monoisotopic (exact) mass is 897 g/mol. The number of allylic oxidation sites excluding steroid dienone is 2. The molecule has 0 bridgehead atoms. The van der Waals surface area contributed by atoms with E-state index in [1.807, 2.05) is 0 Å². The van der Waals surface area contributed by atoms with Crippen LogP contribution >= 0.6 is 0 Å². The average Bonchev–Trinajstić information content (AvgIpc) is 3.21. The van der Waals surface area contributed by atoms with Gasteiger partial charge in [-0.15, -0.1) is 0 Å².